The minimum atomic E-state index is -1.84. The summed E-state index contributed by atoms with van der Waals surface area (Å²) < 4.78 is 5.66. The molecule has 1 fully saturated rings. The largest absolute Gasteiger partial charge is 0.375 e. The number of aryl methyl sites for hydroxylation is 1. The zero-order valence-electron chi connectivity index (χ0n) is 12.4. The number of ketones is 1. The fourth-order valence-electron chi connectivity index (χ4n) is 3.12. The smallest absolute Gasteiger partial charge is 0.261 e. The van der Waals surface area contributed by atoms with Gasteiger partial charge in [0.25, 0.3) is 5.91 Å². The summed E-state index contributed by atoms with van der Waals surface area (Å²) in [6.07, 6.45) is 0.189. The third-order valence-electron chi connectivity index (χ3n) is 4.31. The van der Waals surface area contributed by atoms with Gasteiger partial charge in [-0.05, 0) is 26.8 Å². The first kappa shape index (κ1) is 14.2. The summed E-state index contributed by atoms with van der Waals surface area (Å²) in [5.74, 6) is -1.56. The maximum atomic E-state index is 12.4. The number of rotatable bonds is 1. The molecule has 21 heavy (non-hydrogen) atoms. The first-order chi connectivity index (χ1) is 9.74. The van der Waals surface area contributed by atoms with Gasteiger partial charge in [0.2, 0.25) is 0 Å². The molecule has 2 atom stereocenters. The third kappa shape index (κ3) is 2.08. The van der Waals surface area contributed by atoms with Crippen molar-refractivity contribution in [2.75, 3.05) is 11.9 Å². The van der Waals surface area contributed by atoms with Crippen LogP contribution in [0.15, 0.2) is 18.2 Å². The van der Waals surface area contributed by atoms with E-state index < -0.39 is 23.0 Å². The van der Waals surface area contributed by atoms with Crippen LogP contribution in [0.3, 0.4) is 0 Å². The number of hydrogen-bond donors (Lipinski definition) is 2. The lowest BCUT2D eigenvalue weighted by atomic mass is 9.75. The van der Waals surface area contributed by atoms with Crippen LogP contribution in [0.5, 0.6) is 0 Å². The number of ether oxygens (including phenoxy) is 1. The maximum absolute atomic E-state index is 12.4. The molecule has 2 N–H and O–H groups in total. The van der Waals surface area contributed by atoms with E-state index in [0.29, 0.717) is 11.3 Å². The predicted octanol–water partition coefficient (Wildman–Crippen LogP) is 1.52. The zero-order valence-corrected chi connectivity index (χ0v) is 12.4. The summed E-state index contributed by atoms with van der Waals surface area (Å²) in [6.45, 7) is 5.59. The first-order valence-electron chi connectivity index (χ1n) is 7.06. The molecule has 0 saturated carbocycles. The average molecular weight is 289 g/mol. The van der Waals surface area contributed by atoms with Gasteiger partial charge in [0.05, 0.1) is 18.1 Å². The number of carbonyl (C=O) groups is 2. The van der Waals surface area contributed by atoms with E-state index in [-0.39, 0.29) is 18.8 Å². The van der Waals surface area contributed by atoms with Crippen molar-refractivity contribution in [1.82, 2.24) is 0 Å². The van der Waals surface area contributed by atoms with Crippen molar-refractivity contribution >= 4 is 17.4 Å². The van der Waals surface area contributed by atoms with Gasteiger partial charge in [0, 0.05) is 17.7 Å². The van der Waals surface area contributed by atoms with Crippen LogP contribution >= 0.6 is 0 Å². The SMILES string of the molecule is Cc1ccc2c(c1)[C@@](O)([C@H]1COC(C)(C)CC1=O)C(=O)N2. The second-order valence-electron chi connectivity index (χ2n) is 6.54. The molecule has 1 saturated heterocycles. The molecular formula is C16H19NO4. The molecule has 5 heteroatoms. The number of nitrogens with one attached hydrogen (secondary N) is 1. The fraction of sp³-hybridized carbons (Fsp3) is 0.500. The molecule has 0 aliphatic carbocycles. The number of carbonyl (C=O) groups excluding carboxylic acids is 2. The van der Waals surface area contributed by atoms with E-state index in [1.54, 1.807) is 12.1 Å². The number of benzene rings is 1. The topological polar surface area (TPSA) is 75.6 Å². The number of fused-ring (bicyclic) bond motifs is 1. The molecule has 3 rings (SSSR count). The average Bonchev–Trinajstić information content (AvgIpc) is 2.62. The normalized spacial score (nSPS) is 31.0. The Morgan fingerprint density at radius 3 is 2.71 bits per heavy atom. The van der Waals surface area contributed by atoms with Crippen LogP contribution in [0.25, 0.3) is 0 Å². The van der Waals surface area contributed by atoms with Crippen LogP contribution in [0, 0.1) is 12.8 Å². The Balaban J connectivity index is 2.04. The zero-order chi connectivity index (χ0) is 15.4. The maximum Gasteiger partial charge on any atom is 0.261 e. The summed E-state index contributed by atoms with van der Waals surface area (Å²) in [7, 11) is 0. The van der Waals surface area contributed by atoms with E-state index in [2.05, 4.69) is 5.32 Å². The Labute approximate surface area is 123 Å². The molecule has 2 aliphatic rings. The lowest BCUT2D eigenvalue weighted by molar-refractivity contribution is -0.171. The molecule has 2 aliphatic heterocycles. The number of Topliss-reactive ketones (excluding diaryl/α,β-unsaturated/α-hetero) is 1. The van der Waals surface area contributed by atoms with E-state index in [1.165, 1.54) is 0 Å². The number of anilines is 1. The van der Waals surface area contributed by atoms with Gasteiger partial charge in [-0.15, -0.1) is 0 Å². The molecule has 0 bridgehead atoms. The van der Waals surface area contributed by atoms with E-state index >= 15 is 0 Å². The van der Waals surface area contributed by atoms with E-state index in [0.717, 1.165) is 5.56 Å². The third-order valence-corrected chi connectivity index (χ3v) is 4.31. The van der Waals surface area contributed by atoms with Crippen LogP contribution in [0.4, 0.5) is 5.69 Å². The van der Waals surface area contributed by atoms with Gasteiger partial charge in [0.15, 0.2) is 5.60 Å². The van der Waals surface area contributed by atoms with Gasteiger partial charge in [-0.2, -0.15) is 0 Å². The summed E-state index contributed by atoms with van der Waals surface area (Å²) in [5, 5.41) is 13.6. The molecule has 112 valence electrons. The highest BCUT2D eigenvalue weighted by atomic mass is 16.5. The summed E-state index contributed by atoms with van der Waals surface area (Å²) in [5.41, 5.74) is -0.434. The van der Waals surface area contributed by atoms with E-state index in [1.807, 2.05) is 26.8 Å². The van der Waals surface area contributed by atoms with E-state index in [9.17, 15) is 14.7 Å². The minimum Gasteiger partial charge on any atom is -0.375 e. The minimum absolute atomic E-state index is 0.0448. The van der Waals surface area contributed by atoms with Gasteiger partial charge in [-0.1, -0.05) is 17.7 Å². The van der Waals surface area contributed by atoms with Gasteiger partial charge in [-0.3, -0.25) is 9.59 Å². The van der Waals surface area contributed by atoms with Crippen molar-refractivity contribution in [2.45, 2.75) is 38.4 Å². The number of amides is 1. The predicted molar refractivity (Wildman–Crippen MR) is 76.9 cm³/mol. The van der Waals surface area contributed by atoms with Crippen molar-refractivity contribution in [1.29, 1.82) is 0 Å². The lowest BCUT2D eigenvalue weighted by Crippen LogP contribution is -2.53. The van der Waals surface area contributed by atoms with Gasteiger partial charge in [0.1, 0.15) is 5.78 Å². The van der Waals surface area contributed by atoms with E-state index in [4.69, 9.17) is 4.74 Å². The Hall–Kier alpha value is -1.72. The Kier molecular flexibility index (Phi) is 2.97. The Morgan fingerprint density at radius 2 is 2.05 bits per heavy atom. The highest BCUT2D eigenvalue weighted by Gasteiger charge is 2.56. The monoisotopic (exact) mass is 289 g/mol. The highest BCUT2D eigenvalue weighted by Crippen LogP contribution is 2.44. The van der Waals surface area contributed by atoms with Crippen LogP contribution < -0.4 is 5.32 Å². The summed E-state index contributed by atoms with van der Waals surface area (Å²) in [6, 6.07) is 5.35. The molecule has 1 aromatic carbocycles. The van der Waals surface area contributed by atoms with Crippen molar-refractivity contribution in [3.63, 3.8) is 0 Å². The molecule has 5 nitrogen and oxygen atoms in total. The van der Waals surface area contributed by atoms with Gasteiger partial charge in [-0.25, -0.2) is 0 Å². The van der Waals surface area contributed by atoms with Crippen molar-refractivity contribution in [3.8, 4) is 0 Å². The van der Waals surface area contributed by atoms with Gasteiger partial charge >= 0.3 is 0 Å². The molecular weight excluding hydrogens is 270 g/mol. The number of aliphatic hydroxyl groups is 1. The van der Waals surface area contributed by atoms with Gasteiger partial charge < -0.3 is 15.2 Å². The molecule has 0 unspecified atom stereocenters. The quantitative estimate of drug-likeness (QED) is 0.822. The summed E-state index contributed by atoms with van der Waals surface area (Å²) >= 11 is 0. The molecule has 0 aromatic heterocycles. The second-order valence-corrected chi connectivity index (χ2v) is 6.54. The lowest BCUT2D eigenvalue weighted by Gasteiger charge is -2.39. The second kappa shape index (κ2) is 4.39. The van der Waals surface area contributed by atoms with Crippen molar-refractivity contribution < 1.29 is 19.4 Å². The van der Waals surface area contributed by atoms with Crippen molar-refractivity contribution in [3.05, 3.63) is 29.3 Å². The fourth-order valence-corrected chi connectivity index (χ4v) is 3.12. The molecule has 2 heterocycles. The van der Waals surface area contributed by atoms with Crippen LogP contribution in [-0.2, 0) is 19.9 Å². The molecule has 0 radical (unpaired) electrons. The standard InChI is InChI=1S/C16H19NO4/c1-9-4-5-12-10(6-9)16(20,14(19)17-12)11-8-21-15(2,3)7-13(11)18/h4-6,11,20H,7-8H2,1-3H3,(H,17,19)/t11-,16+/m0/s1. The van der Waals surface area contributed by atoms with Crippen LogP contribution in [0.1, 0.15) is 31.4 Å². The molecule has 1 amide bonds. The Bertz CT molecular complexity index is 637. The number of hydrogen-bond acceptors (Lipinski definition) is 4. The highest BCUT2D eigenvalue weighted by molar-refractivity contribution is 6.08. The van der Waals surface area contributed by atoms with Crippen LogP contribution in [0.2, 0.25) is 0 Å². The van der Waals surface area contributed by atoms with Crippen LogP contribution in [-0.4, -0.2) is 29.0 Å². The first-order valence-corrected chi connectivity index (χ1v) is 7.06. The summed E-state index contributed by atoms with van der Waals surface area (Å²) in [4.78, 5) is 24.7. The Morgan fingerprint density at radius 1 is 1.33 bits per heavy atom. The van der Waals surface area contributed by atoms with Crippen molar-refractivity contribution in [2.24, 2.45) is 5.92 Å². The molecule has 1 aromatic rings. The molecule has 0 spiro atoms.